The van der Waals surface area contributed by atoms with Gasteiger partial charge in [0.1, 0.15) is 6.07 Å². The van der Waals surface area contributed by atoms with Crippen LogP contribution in [0.2, 0.25) is 0 Å². The highest BCUT2D eigenvalue weighted by Gasteiger charge is 2.36. The fourth-order valence-corrected chi connectivity index (χ4v) is 4.52. The third-order valence-electron chi connectivity index (χ3n) is 6.74. The summed E-state index contributed by atoms with van der Waals surface area (Å²) in [6.45, 7) is 8.48. The predicted molar refractivity (Wildman–Crippen MR) is 140 cm³/mol. The molecular formula is C27H35N7O2. The SMILES string of the molecule is COCCCn1ncc(Nc2nccc(-c3cc(C#N)c4c(c3)C(C)(CO)CN4)n2)c1CCC(C)C. The van der Waals surface area contributed by atoms with E-state index in [0.29, 0.717) is 36.3 Å². The van der Waals surface area contributed by atoms with Crippen LogP contribution < -0.4 is 10.6 Å². The number of rotatable bonds is 11. The minimum Gasteiger partial charge on any atom is -0.395 e. The zero-order chi connectivity index (χ0) is 25.7. The molecule has 1 aromatic carbocycles. The van der Waals surface area contributed by atoms with Crippen molar-refractivity contribution in [3.8, 4) is 17.3 Å². The molecule has 1 aliphatic heterocycles. The number of nitriles is 1. The number of hydrogen-bond donors (Lipinski definition) is 3. The first kappa shape index (κ1) is 25.6. The van der Waals surface area contributed by atoms with Crippen molar-refractivity contribution >= 4 is 17.3 Å². The normalized spacial score (nSPS) is 16.6. The number of ether oxygens (including phenoxy) is 1. The second-order valence-corrected chi connectivity index (χ2v) is 10.0. The molecule has 0 aliphatic carbocycles. The molecule has 3 N–H and O–H groups in total. The maximum atomic E-state index is 10.0. The number of aliphatic hydroxyl groups excluding tert-OH is 1. The van der Waals surface area contributed by atoms with Gasteiger partial charge in [-0.3, -0.25) is 4.68 Å². The summed E-state index contributed by atoms with van der Waals surface area (Å²) >= 11 is 0. The molecule has 1 unspecified atom stereocenters. The van der Waals surface area contributed by atoms with Crippen LogP contribution in [0.25, 0.3) is 11.3 Å². The number of hydrogen-bond acceptors (Lipinski definition) is 8. The van der Waals surface area contributed by atoms with Crippen molar-refractivity contribution in [2.45, 2.75) is 52.0 Å². The van der Waals surface area contributed by atoms with Crippen molar-refractivity contribution in [3.63, 3.8) is 0 Å². The van der Waals surface area contributed by atoms with E-state index in [-0.39, 0.29) is 6.61 Å². The molecule has 3 aromatic rings. The lowest BCUT2D eigenvalue weighted by Gasteiger charge is -2.21. The Kier molecular flexibility index (Phi) is 7.87. The lowest BCUT2D eigenvalue weighted by molar-refractivity contribution is 0.188. The third kappa shape index (κ3) is 5.35. The number of nitrogens with zero attached hydrogens (tertiary/aromatic N) is 5. The second kappa shape index (κ2) is 11.1. The van der Waals surface area contributed by atoms with Crippen molar-refractivity contribution in [2.75, 3.05) is 37.5 Å². The molecule has 0 saturated heterocycles. The Morgan fingerprint density at radius 1 is 1.36 bits per heavy atom. The Labute approximate surface area is 212 Å². The van der Waals surface area contributed by atoms with E-state index in [9.17, 15) is 10.4 Å². The number of anilines is 3. The number of aromatic nitrogens is 4. The molecular weight excluding hydrogens is 454 g/mol. The highest BCUT2D eigenvalue weighted by atomic mass is 16.5. The zero-order valence-electron chi connectivity index (χ0n) is 21.5. The smallest absolute Gasteiger partial charge is 0.227 e. The Hall–Kier alpha value is -3.48. The first-order chi connectivity index (χ1) is 17.4. The summed E-state index contributed by atoms with van der Waals surface area (Å²) in [5.41, 5.74) is 5.36. The molecule has 190 valence electrons. The Balaban J connectivity index is 1.64. The van der Waals surface area contributed by atoms with Crippen LogP contribution in [-0.2, 0) is 23.1 Å². The zero-order valence-corrected chi connectivity index (χ0v) is 21.5. The van der Waals surface area contributed by atoms with Crippen LogP contribution in [0.3, 0.4) is 0 Å². The Bertz CT molecular complexity index is 1250. The Morgan fingerprint density at radius 3 is 2.92 bits per heavy atom. The molecule has 0 radical (unpaired) electrons. The average Bonchev–Trinajstić information content (AvgIpc) is 3.43. The molecule has 0 saturated carbocycles. The third-order valence-corrected chi connectivity index (χ3v) is 6.74. The molecule has 0 amide bonds. The molecule has 3 heterocycles. The van der Waals surface area contributed by atoms with E-state index < -0.39 is 5.41 Å². The van der Waals surface area contributed by atoms with Gasteiger partial charge in [-0.1, -0.05) is 20.8 Å². The van der Waals surface area contributed by atoms with E-state index in [1.54, 1.807) is 13.3 Å². The molecule has 4 rings (SSSR count). The first-order valence-electron chi connectivity index (χ1n) is 12.5. The molecule has 36 heavy (non-hydrogen) atoms. The summed E-state index contributed by atoms with van der Waals surface area (Å²) in [5, 5.41) is 31.0. The summed E-state index contributed by atoms with van der Waals surface area (Å²) in [5.74, 6) is 1.05. The molecule has 1 aliphatic rings. The maximum Gasteiger partial charge on any atom is 0.227 e. The van der Waals surface area contributed by atoms with E-state index in [4.69, 9.17) is 9.72 Å². The molecule has 9 nitrogen and oxygen atoms in total. The fraction of sp³-hybridized carbons (Fsp3) is 0.481. The van der Waals surface area contributed by atoms with Crippen LogP contribution in [0.1, 0.15) is 50.4 Å². The molecule has 0 fully saturated rings. The highest BCUT2D eigenvalue weighted by Crippen LogP contribution is 2.41. The van der Waals surface area contributed by atoms with Crippen molar-refractivity contribution in [1.82, 2.24) is 19.7 Å². The quantitative estimate of drug-likeness (QED) is 0.342. The minimum atomic E-state index is -0.451. The fourth-order valence-electron chi connectivity index (χ4n) is 4.52. The average molecular weight is 490 g/mol. The van der Waals surface area contributed by atoms with Gasteiger partial charge in [0.15, 0.2) is 0 Å². The van der Waals surface area contributed by atoms with Crippen molar-refractivity contribution < 1.29 is 9.84 Å². The van der Waals surface area contributed by atoms with Crippen molar-refractivity contribution in [3.05, 3.63) is 47.4 Å². The number of benzene rings is 1. The standard InChI is InChI=1S/C27H35N7O2/c1-18(2)6-7-24-23(15-31-34(24)10-5-11-36-4)33-26-29-9-8-22(32-26)19-12-20(14-28)25-21(13-19)27(3,17-35)16-30-25/h8-9,12-13,15,18,30,35H,5-7,10-11,16-17H2,1-4H3,(H,29,32,33). The number of methoxy groups -OCH3 is 1. The summed E-state index contributed by atoms with van der Waals surface area (Å²) in [4.78, 5) is 9.21. The number of fused-ring (bicyclic) bond motifs is 1. The van der Waals surface area contributed by atoms with Crippen LogP contribution >= 0.6 is 0 Å². The van der Waals surface area contributed by atoms with Gasteiger partial charge in [0, 0.05) is 44.0 Å². The maximum absolute atomic E-state index is 10.0. The van der Waals surface area contributed by atoms with Gasteiger partial charge in [-0.2, -0.15) is 10.4 Å². The summed E-state index contributed by atoms with van der Waals surface area (Å²) in [6.07, 6.45) is 6.38. The van der Waals surface area contributed by atoms with E-state index in [2.05, 4.69) is 40.6 Å². The molecule has 2 aromatic heterocycles. The summed E-state index contributed by atoms with van der Waals surface area (Å²) in [7, 11) is 1.71. The van der Waals surface area contributed by atoms with Gasteiger partial charge in [0.25, 0.3) is 0 Å². The van der Waals surface area contributed by atoms with Crippen LogP contribution in [-0.4, -0.2) is 51.7 Å². The lowest BCUT2D eigenvalue weighted by Crippen LogP contribution is -2.28. The van der Waals surface area contributed by atoms with Gasteiger partial charge in [-0.15, -0.1) is 0 Å². The lowest BCUT2D eigenvalue weighted by atomic mass is 9.83. The van der Waals surface area contributed by atoms with Crippen molar-refractivity contribution in [2.24, 2.45) is 5.92 Å². The number of nitrogens with one attached hydrogen (secondary N) is 2. The first-order valence-corrected chi connectivity index (χ1v) is 12.5. The van der Waals surface area contributed by atoms with Gasteiger partial charge in [0.2, 0.25) is 5.95 Å². The van der Waals surface area contributed by atoms with Crippen molar-refractivity contribution in [1.29, 1.82) is 5.26 Å². The summed E-state index contributed by atoms with van der Waals surface area (Å²) in [6, 6.07) is 7.97. The Morgan fingerprint density at radius 2 is 2.19 bits per heavy atom. The minimum absolute atomic E-state index is 0.00851. The van der Waals surface area contributed by atoms with E-state index in [0.717, 1.165) is 54.0 Å². The van der Waals surface area contributed by atoms with E-state index in [1.807, 2.05) is 36.0 Å². The van der Waals surface area contributed by atoms with Gasteiger partial charge in [0.05, 0.1) is 41.1 Å². The molecule has 0 spiro atoms. The second-order valence-electron chi connectivity index (χ2n) is 10.0. The largest absolute Gasteiger partial charge is 0.395 e. The summed E-state index contributed by atoms with van der Waals surface area (Å²) < 4.78 is 7.25. The number of aliphatic hydroxyl groups is 1. The topological polar surface area (TPSA) is 121 Å². The van der Waals surface area contributed by atoms with Crippen LogP contribution in [0.15, 0.2) is 30.6 Å². The molecule has 9 heteroatoms. The van der Waals surface area contributed by atoms with E-state index >= 15 is 0 Å². The van der Waals surface area contributed by atoms with Crippen LogP contribution in [0.5, 0.6) is 0 Å². The number of aryl methyl sites for hydroxylation is 1. The molecule has 1 atom stereocenters. The van der Waals surface area contributed by atoms with Gasteiger partial charge < -0.3 is 20.5 Å². The van der Waals surface area contributed by atoms with Gasteiger partial charge >= 0.3 is 0 Å². The predicted octanol–water partition coefficient (Wildman–Crippen LogP) is 4.26. The van der Waals surface area contributed by atoms with Crippen LogP contribution in [0, 0.1) is 17.2 Å². The highest BCUT2D eigenvalue weighted by molar-refractivity contribution is 5.76. The van der Waals surface area contributed by atoms with Gasteiger partial charge in [-0.25, -0.2) is 9.97 Å². The van der Waals surface area contributed by atoms with E-state index in [1.165, 1.54) is 0 Å². The van der Waals surface area contributed by atoms with Crippen LogP contribution in [0.4, 0.5) is 17.3 Å². The molecule has 0 bridgehead atoms. The van der Waals surface area contributed by atoms with Gasteiger partial charge in [-0.05, 0) is 48.9 Å². The monoisotopic (exact) mass is 489 g/mol.